The molecule has 2 aliphatic rings. The van der Waals surface area contributed by atoms with E-state index in [1.807, 2.05) is 11.8 Å². The van der Waals surface area contributed by atoms with Crippen LogP contribution in [-0.4, -0.2) is 47.3 Å². The average Bonchev–Trinajstić information content (AvgIpc) is 3.12. The Hall–Kier alpha value is -1.72. The van der Waals surface area contributed by atoms with Crippen molar-refractivity contribution in [3.05, 3.63) is 36.0 Å². The summed E-state index contributed by atoms with van der Waals surface area (Å²) in [6, 6.07) is 8.57. The molecule has 4 rings (SSSR count). The molecule has 1 aromatic heterocycles. The number of fused-ring (bicyclic) bond motifs is 1. The third-order valence-corrected chi connectivity index (χ3v) is 5.66. The number of para-hydroxylation sites is 1. The van der Waals surface area contributed by atoms with Gasteiger partial charge in [0.1, 0.15) is 5.60 Å². The lowest BCUT2D eigenvalue weighted by molar-refractivity contribution is 0.00555. The third kappa shape index (κ3) is 3.11. The van der Waals surface area contributed by atoms with Gasteiger partial charge in [0.05, 0.1) is 6.04 Å². The molecule has 1 unspecified atom stereocenters. The van der Waals surface area contributed by atoms with E-state index in [4.69, 9.17) is 4.74 Å². The molecule has 2 saturated heterocycles. The summed E-state index contributed by atoms with van der Waals surface area (Å²) in [5, 5.41) is 4.67. The number of carbonyl (C=O) groups excluding carboxylic acids is 1. The first-order valence-electron chi connectivity index (χ1n) is 8.99. The van der Waals surface area contributed by atoms with Crippen molar-refractivity contribution in [2.24, 2.45) is 0 Å². The zero-order valence-corrected chi connectivity index (χ0v) is 15.4. The molecule has 1 amide bonds. The van der Waals surface area contributed by atoms with Crippen molar-refractivity contribution in [1.29, 1.82) is 0 Å². The molecular formula is C19H26ClN3O2. The van der Waals surface area contributed by atoms with Crippen LogP contribution in [0.1, 0.15) is 31.7 Å². The van der Waals surface area contributed by atoms with E-state index < -0.39 is 0 Å². The van der Waals surface area contributed by atoms with Gasteiger partial charge < -0.3 is 19.9 Å². The van der Waals surface area contributed by atoms with Crippen LogP contribution in [0.4, 0.5) is 4.79 Å². The van der Waals surface area contributed by atoms with E-state index in [0.29, 0.717) is 6.54 Å². The summed E-state index contributed by atoms with van der Waals surface area (Å²) in [6.07, 6.45) is 5.69. The van der Waals surface area contributed by atoms with Crippen LogP contribution in [-0.2, 0) is 11.2 Å². The fraction of sp³-hybridized carbons (Fsp3) is 0.526. The van der Waals surface area contributed by atoms with Gasteiger partial charge in [-0.15, -0.1) is 12.4 Å². The van der Waals surface area contributed by atoms with Crippen LogP contribution in [0.2, 0.25) is 0 Å². The van der Waals surface area contributed by atoms with Gasteiger partial charge in [0.15, 0.2) is 0 Å². The smallest absolute Gasteiger partial charge is 0.410 e. The van der Waals surface area contributed by atoms with E-state index in [1.165, 1.54) is 16.5 Å². The van der Waals surface area contributed by atoms with E-state index in [-0.39, 0.29) is 30.1 Å². The molecule has 25 heavy (non-hydrogen) atoms. The van der Waals surface area contributed by atoms with Crippen molar-refractivity contribution >= 4 is 29.4 Å². The van der Waals surface area contributed by atoms with E-state index in [0.717, 1.165) is 38.8 Å². The second kappa shape index (κ2) is 7.26. The van der Waals surface area contributed by atoms with Crippen LogP contribution in [0.3, 0.4) is 0 Å². The zero-order chi connectivity index (χ0) is 16.6. The number of rotatable bonds is 4. The second-order valence-electron chi connectivity index (χ2n) is 6.88. The molecule has 6 heteroatoms. The molecular weight excluding hydrogens is 338 g/mol. The number of hydrogen-bond donors (Lipinski definition) is 2. The molecule has 2 fully saturated rings. The summed E-state index contributed by atoms with van der Waals surface area (Å²) in [4.78, 5) is 17.6. The van der Waals surface area contributed by atoms with Crippen molar-refractivity contribution in [2.45, 2.75) is 44.2 Å². The molecule has 0 radical (unpaired) electrons. The molecule has 3 heterocycles. The van der Waals surface area contributed by atoms with Gasteiger partial charge in [0.25, 0.3) is 0 Å². The summed E-state index contributed by atoms with van der Waals surface area (Å²) in [5.74, 6) is 0. The Morgan fingerprint density at radius 2 is 2.04 bits per heavy atom. The minimum Gasteiger partial charge on any atom is -0.440 e. The van der Waals surface area contributed by atoms with Crippen molar-refractivity contribution < 1.29 is 9.53 Å². The van der Waals surface area contributed by atoms with Crippen LogP contribution < -0.4 is 5.32 Å². The number of piperidine rings is 1. The predicted octanol–water partition coefficient (Wildman–Crippen LogP) is 3.49. The highest BCUT2D eigenvalue weighted by Crippen LogP contribution is 2.39. The summed E-state index contributed by atoms with van der Waals surface area (Å²) in [5.41, 5.74) is 2.20. The number of ether oxygens (including phenoxy) is 1. The number of aryl methyl sites for hydroxylation is 1. The lowest BCUT2D eigenvalue weighted by atomic mass is 9.82. The summed E-state index contributed by atoms with van der Waals surface area (Å²) in [6.45, 7) is 4.61. The molecule has 2 N–H and O–H groups in total. The van der Waals surface area contributed by atoms with Crippen molar-refractivity contribution in [1.82, 2.24) is 15.2 Å². The van der Waals surface area contributed by atoms with Gasteiger partial charge >= 0.3 is 6.09 Å². The predicted molar refractivity (Wildman–Crippen MR) is 101 cm³/mol. The molecule has 1 atom stereocenters. The Balaban J connectivity index is 0.00000182. The van der Waals surface area contributed by atoms with Crippen LogP contribution in [0, 0.1) is 0 Å². The summed E-state index contributed by atoms with van der Waals surface area (Å²) >= 11 is 0. The molecule has 2 aromatic rings. The molecule has 0 saturated carbocycles. The van der Waals surface area contributed by atoms with Crippen molar-refractivity contribution in [2.75, 3.05) is 19.6 Å². The number of aromatic amines is 1. The Morgan fingerprint density at radius 1 is 1.28 bits per heavy atom. The fourth-order valence-electron chi connectivity index (χ4n) is 4.40. The second-order valence-corrected chi connectivity index (χ2v) is 6.88. The quantitative estimate of drug-likeness (QED) is 0.874. The summed E-state index contributed by atoms with van der Waals surface area (Å²) in [7, 11) is 0. The standard InChI is InChI=1S/C19H25N3O2.ClH/c1-2-22-17(19(24-18(22)23)9-11-20-12-10-19)8-7-14-13-21-16-6-4-3-5-15(14)16;/h3-6,13,17,20-21H,2,7-12H2,1H3;1H. The Labute approximate surface area is 154 Å². The molecule has 1 aromatic carbocycles. The highest BCUT2D eigenvalue weighted by Gasteiger charge is 2.53. The molecule has 1 spiro atoms. The number of carbonyl (C=O) groups is 1. The molecule has 0 bridgehead atoms. The minimum atomic E-state index is -0.301. The summed E-state index contributed by atoms with van der Waals surface area (Å²) < 4.78 is 5.90. The van der Waals surface area contributed by atoms with Gasteiger partial charge in [0.2, 0.25) is 0 Å². The fourth-order valence-corrected chi connectivity index (χ4v) is 4.40. The van der Waals surface area contributed by atoms with Gasteiger partial charge in [-0.3, -0.25) is 0 Å². The normalized spacial score (nSPS) is 22.2. The number of amides is 1. The number of H-pyrrole nitrogens is 1. The van der Waals surface area contributed by atoms with Crippen molar-refractivity contribution in [3.8, 4) is 0 Å². The highest BCUT2D eigenvalue weighted by molar-refractivity contribution is 5.85. The lowest BCUT2D eigenvalue weighted by Gasteiger charge is -2.38. The Bertz CT molecular complexity index is 739. The monoisotopic (exact) mass is 363 g/mol. The molecule has 0 aliphatic carbocycles. The Morgan fingerprint density at radius 3 is 2.80 bits per heavy atom. The van der Waals surface area contributed by atoms with E-state index >= 15 is 0 Å². The third-order valence-electron chi connectivity index (χ3n) is 5.66. The Kier molecular flexibility index (Phi) is 5.25. The minimum absolute atomic E-state index is 0. The maximum Gasteiger partial charge on any atom is 0.410 e. The van der Waals surface area contributed by atoms with E-state index in [2.05, 4.69) is 40.8 Å². The average molecular weight is 364 g/mol. The van der Waals surface area contributed by atoms with Crippen LogP contribution in [0.25, 0.3) is 10.9 Å². The number of benzene rings is 1. The van der Waals surface area contributed by atoms with E-state index in [1.54, 1.807) is 0 Å². The number of hydrogen-bond acceptors (Lipinski definition) is 3. The van der Waals surface area contributed by atoms with Crippen LogP contribution >= 0.6 is 12.4 Å². The number of nitrogens with one attached hydrogen (secondary N) is 2. The van der Waals surface area contributed by atoms with E-state index in [9.17, 15) is 4.79 Å². The first-order valence-corrected chi connectivity index (χ1v) is 8.99. The highest BCUT2D eigenvalue weighted by atomic mass is 35.5. The SMILES string of the molecule is CCN1C(=O)OC2(CCNCC2)C1CCc1c[nH]c2ccccc12.Cl. The zero-order valence-electron chi connectivity index (χ0n) is 14.6. The van der Waals surface area contributed by atoms with Gasteiger partial charge in [-0.25, -0.2) is 4.79 Å². The maximum absolute atomic E-state index is 12.3. The number of likely N-dealkylation sites (N-methyl/N-ethyl adjacent to an activating group) is 1. The number of nitrogens with zero attached hydrogens (tertiary/aromatic N) is 1. The molecule has 136 valence electrons. The molecule has 2 aliphatic heterocycles. The maximum atomic E-state index is 12.3. The van der Waals surface area contributed by atoms with Gasteiger partial charge in [-0.05, 0) is 44.5 Å². The first kappa shape index (κ1) is 18.1. The van der Waals surface area contributed by atoms with Gasteiger partial charge in [-0.1, -0.05) is 18.2 Å². The number of aromatic nitrogens is 1. The molecule has 5 nitrogen and oxygen atoms in total. The topological polar surface area (TPSA) is 57.4 Å². The van der Waals surface area contributed by atoms with Crippen LogP contribution in [0.15, 0.2) is 30.5 Å². The van der Waals surface area contributed by atoms with Crippen LogP contribution in [0.5, 0.6) is 0 Å². The largest absolute Gasteiger partial charge is 0.440 e. The number of halogens is 1. The van der Waals surface area contributed by atoms with Gasteiger partial charge in [0, 0.05) is 36.5 Å². The first-order chi connectivity index (χ1) is 11.7. The van der Waals surface area contributed by atoms with Crippen molar-refractivity contribution in [3.63, 3.8) is 0 Å². The van der Waals surface area contributed by atoms with Gasteiger partial charge in [-0.2, -0.15) is 0 Å². The lowest BCUT2D eigenvalue weighted by Crippen LogP contribution is -2.51.